The number of hydrogen-bond acceptors (Lipinski definition) is 5. The fourth-order valence-corrected chi connectivity index (χ4v) is 3.06. The van der Waals surface area contributed by atoms with Gasteiger partial charge in [-0.3, -0.25) is 14.5 Å². The number of anilines is 1. The van der Waals surface area contributed by atoms with Crippen LogP contribution in [0.1, 0.15) is 25.0 Å². The van der Waals surface area contributed by atoms with Gasteiger partial charge in [0, 0.05) is 16.8 Å². The highest BCUT2D eigenvalue weighted by atomic mass is 35.5. The molecule has 1 amide bonds. The number of carbonyl (C=O) groups is 1. The summed E-state index contributed by atoms with van der Waals surface area (Å²) in [5.41, 5.74) is 0.272. The maximum Gasteiger partial charge on any atom is 0.262 e. The normalized spacial score (nSPS) is 14.8. The summed E-state index contributed by atoms with van der Waals surface area (Å²) in [7, 11) is 0. The molecule has 1 aromatic carbocycles. The van der Waals surface area contributed by atoms with Crippen LogP contribution < -0.4 is 15.5 Å². The summed E-state index contributed by atoms with van der Waals surface area (Å²) in [4.78, 5) is 26.3. The minimum atomic E-state index is -0.385. The first-order chi connectivity index (χ1) is 12.6. The van der Waals surface area contributed by atoms with Gasteiger partial charge in [0.25, 0.3) is 5.91 Å². The van der Waals surface area contributed by atoms with Crippen molar-refractivity contribution in [1.29, 1.82) is 0 Å². The Morgan fingerprint density at radius 2 is 2.04 bits per heavy atom. The van der Waals surface area contributed by atoms with Crippen LogP contribution in [0.5, 0.6) is 5.75 Å². The lowest BCUT2D eigenvalue weighted by atomic mass is 10.1. The second-order valence-electron chi connectivity index (χ2n) is 6.26. The molecule has 0 unspecified atom stereocenters. The van der Waals surface area contributed by atoms with Crippen LogP contribution in [0.4, 0.5) is 5.69 Å². The van der Waals surface area contributed by atoms with Crippen LogP contribution >= 0.6 is 11.6 Å². The molecule has 0 radical (unpaired) electrons. The number of carbonyl (C=O) groups excluding carboxylic acids is 1. The molecule has 0 atom stereocenters. The van der Waals surface area contributed by atoms with Crippen molar-refractivity contribution in [2.45, 2.75) is 25.8 Å². The molecule has 138 valence electrons. The summed E-state index contributed by atoms with van der Waals surface area (Å²) in [6.07, 6.45) is 4.87. The predicted molar refractivity (Wildman–Crippen MR) is 99.7 cm³/mol. The van der Waals surface area contributed by atoms with E-state index in [0.717, 1.165) is 13.1 Å². The molecular formula is C19H21ClN2O4. The van der Waals surface area contributed by atoms with Crippen molar-refractivity contribution in [3.63, 3.8) is 0 Å². The Labute approximate surface area is 156 Å². The van der Waals surface area contributed by atoms with Crippen molar-refractivity contribution in [3.8, 4) is 5.75 Å². The van der Waals surface area contributed by atoms with E-state index in [1.54, 1.807) is 24.3 Å². The Hall–Kier alpha value is -2.31. The Balaban J connectivity index is 1.53. The Morgan fingerprint density at radius 3 is 2.77 bits per heavy atom. The summed E-state index contributed by atoms with van der Waals surface area (Å²) >= 11 is 5.87. The number of nitrogens with one attached hydrogen (secondary N) is 1. The molecule has 1 fully saturated rings. The highest BCUT2D eigenvalue weighted by Gasteiger charge is 2.13. The summed E-state index contributed by atoms with van der Waals surface area (Å²) in [6, 6.07) is 8.22. The first kappa shape index (κ1) is 18.5. The van der Waals surface area contributed by atoms with Crippen molar-refractivity contribution in [3.05, 3.63) is 57.6 Å². The van der Waals surface area contributed by atoms with Gasteiger partial charge in [0.05, 0.1) is 6.54 Å². The fourth-order valence-electron chi connectivity index (χ4n) is 2.87. The lowest BCUT2D eigenvalue weighted by molar-refractivity contribution is -0.118. The lowest BCUT2D eigenvalue weighted by Gasteiger charge is -2.25. The number of halogens is 1. The predicted octanol–water partition coefficient (Wildman–Crippen LogP) is 3.30. The molecule has 0 saturated carbocycles. The third kappa shape index (κ3) is 5.34. The van der Waals surface area contributed by atoms with Crippen molar-refractivity contribution >= 4 is 23.2 Å². The number of benzene rings is 1. The molecule has 1 aliphatic rings. The van der Waals surface area contributed by atoms with Crippen LogP contribution in [-0.2, 0) is 11.3 Å². The van der Waals surface area contributed by atoms with Crippen LogP contribution in [0.15, 0.2) is 45.8 Å². The van der Waals surface area contributed by atoms with Gasteiger partial charge in [-0.2, -0.15) is 0 Å². The van der Waals surface area contributed by atoms with Crippen molar-refractivity contribution in [2.75, 3.05) is 25.0 Å². The second-order valence-corrected chi connectivity index (χ2v) is 6.70. The maximum absolute atomic E-state index is 12.1. The SMILES string of the molecule is O=C(COc1coc(CN2CCCCC2)cc1=O)Nc1cccc(Cl)c1. The molecule has 2 heterocycles. The van der Waals surface area contributed by atoms with E-state index < -0.39 is 0 Å². The molecule has 0 spiro atoms. The molecule has 2 aromatic rings. The number of amides is 1. The number of nitrogens with zero attached hydrogens (tertiary/aromatic N) is 1. The monoisotopic (exact) mass is 376 g/mol. The number of ether oxygens (including phenoxy) is 1. The maximum atomic E-state index is 12.1. The number of piperidine rings is 1. The van der Waals surface area contributed by atoms with Gasteiger partial charge in [-0.25, -0.2) is 0 Å². The van der Waals surface area contributed by atoms with E-state index in [4.69, 9.17) is 20.8 Å². The van der Waals surface area contributed by atoms with Gasteiger partial charge in [0.1, 0.15) is 12.0 Å². The lowest BCUT2D eigenvalue weighted by Crippen LogP contribution is -2.29. The van der Waals surface area contributed by atoms with Gasteiger partial charge in [0.15, 0.2) is 6.61 Å². The average Bonchev–Trinajstić information content (AvgIpc) is 2.62. The molecule has 0 aliphatic carbocycles. The molecule has 1 aromatic heterocycles. The highest BCUT2D eigenvalue weighted by Crippen LogP contribution is 2.15. The van der Waals surface area contributed by atoms with Crippen LogP contribution in [0.3, 0.4) is 0 Å². The van der Waals surface area contributed by atoms with Crippen LogP contribution in [0, 0.1) is 0 Å². The highest BCUT2D eigenvalue weighted by molar-refractivity contribution is 6.30. The van der Waals surface area contributed by atoms with Gasteiger partial charge in [-0.1, -0.05) is 24.1 Å². The zero-order valence-corrected chi connectivity index (χ0v) is 15.1. The van der Waals surface area contributed by atoms with Gasteiger partial charge < -0.3 is 14.5 Å². The molecule has 26 heavy (non-hydrogen) atoms. The summed E-state index contributed by atoms with van der Waals surface area (Å²) in [6.45, 7) is 2.37. The Bertz CT molecular complexity index is 815. The molecule has 6 nitrogen and oxygen atoms in total. The minimum Gasteiger partial charge on any atom is -0.477 e. The van der Waals surface area contributed by atoms with Crippen molar-refractivity contribution < 1.29 is 13.9 Å². The third-order valence-corrected chi connectivity index (χ3v) is 4.38. The van der Waals surface area contributed by atoms with E-state index in [0.29, 0.717) is 23.0 Å². The third-order valence-electron chi connectivity index (χ3n) is 4.15. The summed E-state index contributed by atoms with van der Waals surface area (Å²) < 4.78 is 10.8. The summed E-state index contributed by atoms with van der Waals surface area (Å²) in [5.74, 6) is 0.241. The van der Waals surface area contributed by atoms with Gasteiger partial charge >= 0.3 is 0 Å². The smallest absolute Gasteiger partial charge is 0.262 e. The van der Waals surface area contributed by atoms with Crippen LogP contribution in [0.2, 0.25) is 5.02 Å². The molecular weight excluding hydrogens is 356 g/mol. The first-order valence-corrected chi connectivity index (χ1v) is 9.00. The van der Waals surface area contributed by atoms with Gasteiger partial charge in [0.2, 0.25) is 11.2 Å². The van der Waals surface area contributed by atoms with E-state index in [1.165, 1.54) is 31.6 Å². The number of hydrogen-bond donors (Lipinski definition) is 1. The average molecular weight is 377 g/mol. The Kier molecular flexibility index (Phi) is 6.30. The summed E-state index contributed by atoms with van der Waals surface area (Å²) in [5, 5.41) is 3.17. The van der Waals surface area contributed by atoms with E-state index in [-0.39, 0.29) is 23.7 Å². The quantitative estimate of drug-likeness (QED) is 0.837. The van der Waals surface area contributed by atoms with E-state index in [1.807, 2.05) is 0 Å². The number of likely N-dealkylation sites (tertiary alicyclic amines) is 1. The van der Waals surface area contributed by atoms with Crippen LogP contribution in [0.25, 0.3) is 0 Å². The van der Waals surface area contributed by atoms with Gasteiger partial charge in [-0.05, 0) is 44.1 Å². The zero-order chi connectivity index (χ0) is 18.4. The van der Waals surface area contributed by atoms with Crippen molar-refractivity contribution in [1.82, 2.24) is 4.90 Å². The Morgan fingerprint density at radius 1 is 1.23 bits per heavy atom. The van der Waals surface area contributed by atoms with Crippen molar-refractivity contribution in [2.24, 2.45) is 0 Å². The molecule has 1 saturated heterocycles. The first-order valence-electron chi connectivity index (χ1n) is 8.62. The van der Waals surface area contributed by atoms with E-state index in [9.17, 15) is 9.59 Å². The molecule has 0 bridgehead atoms. The fraction of sp³-hybridized carbons (Fsp3) is 0.368. The van der Waals surface area contributed by atoms with E-state index >= 15 is 0 Å². The largest absolute Gasteiger partial charge is 0.477 e. The molecule has 3 rings (SSSR count). The van der Waals surface area contributed by atoms with Gasteiger partial charge in [-0.15, -0.1) is 0 Å². The van der Waals surface area contributed by atoms with E-state index in [2.05, 4.69) is 10.2 Å². The molecule has 1 aliphatic heterocycles. The molecule has 1 N–H and O–H groups in total. The van der Waals surface area contributed by atoms with Crippen LogP contribution in [-0.4, -0.2) is 30.5 Å². The molecule has 7 heteroatoms. The zero-order valence-electron chi connectivity index (χ0n) is 14.4. The standard InChI is InChI=1S/C19H21ClN2O4/c20-14-5-4-6-15(9-14)21-19(24)13-26-18-12-25-16(10-17(18)23)11-22-7-2-1-3-8-22/h4-6,9-10,12H,1-3,7-8,11,13H2,(H,21,24). The minimum absolute atomic E-state index is 0.0219. The number of rotatable bonds is 6. The second kappa shape index (κ2) is 8.87. The topological polar surface area (TPSA) is 71.8 Å².